The van der Waals surface area contributed by atoms with E-state index in [2.05, 4.69) is 76.8 Å². The molecule has 238 valence electrons. The van der Waals surface area contributed by atoms with E-state index in [-0.39, 0.29) is 6.04 Å². The van der Waals surface area contributed by atoms with Crippen molar-refractivity contribution in [2.75, 3.05) is 38.8 Å². The number of para-hydroxylation sites is 1. The van der Waals surface area contributed by atoms with Crippen LogP contribution in [-0.2, 0) is 19.5 Å². The Morgan fingerprint density at radius 2 is 1.87 bits per heavy atom. The molecule has 1 aliphatic carbocycles. The molecule has 3 heterocycles. The fraction of sp³-hybridized carbons (Fsp3) is 0.405. The van der Waals surface area contributed by atoms with Crippen molar-refractivity contribution in [1.29, 1.82) is 0 Å². The van der Waals surface area contributed by atoms with Crippen molar-refractivity contribution in [3.8, 4) is 11.8 Å². The first-order valence-corrected chi connectivity index (χ1v) is 16.4. The lowest BCUT2D eigenvalue weighted by Gasteiger charge is -2.34. The maximum atomic E-state index is 6.27. The van der Waals surface area contributed by atoms with Crippen LogP contribution >= 0.6 is 0 Å². The zero-order valence-corrected chi connectivity index (χ0v) is 27.0. The van der Waals surface area contributed by atoms with Crippen LogP contribution in [0.1, 0.15) is 48.1 Å². The van der Waals surface area contributed by atoms with Crippen molar-refractivity contribution >= 4 is 34.3 Å². The summed E-state index contributed by atoms with van der Waals surface area (Å²) in [6, 6.07) is 22.1. The third-order valence-corrected chi connectivity index (χ3v) is 9.55. The summed E-state index contributed by atoms with van der Waals surface area (Å²) in [7, 11) is 3.84. The van der Waals surface area contributed by atoms with Crippen molar-refractivity contribution in [3.63, 3.8) is 0 Å². The average Bonchev–Trinajstić information content (AvgIpc) is 3.48. The Hall–Kier alpha value is -4.50. The van der Waals surface area contributed by atoms with Crippen LogP contribution in [0.25, 0.3) is 10.8 Å². The van der Waals surface area contributed by atoms with Gasteiger partial charge in [-0.15, -0.1) is 0 Å². The van der Waals surface area contributed by atoms with Crippen molar-refractivity contribution < 1.29 is 9.47 Å². The van der Waals surface area contributed by atoms with Crippen LogP contribution in [0.2, 0.25) is 0 Å². The molecule has 9 heteroatoms. The molecule has 46 heavy (non-hydrogen) atoms. The van der Waals surface area contributed by atoms with Gasteiger partial charge in [0.2, 0.25) is 0 Å². The molecular weight excluding hydrogens is 574 g/mol. The summed E-state index contributed by atoms with van der Waals surface area (Å²) in [5.74, 6) is 1.60. The van der Waals surface area contributed by atoms with E-state index < -0.39 is 0 Å². The SMILES string of the molecule is COc1ccccc1CN=[C-]NC1CC(=Nc2nc(OC[C@@H]3CCCN3C)nc3c2CCN(c2cccc4cccc(C)c24)C3)C1. The van der Waals surface area contributed by atoms with E-state index in [1.54, 1.807) is 7.11 Å². The number of rotatable bonds is 10. The molecule has 1 saturated heterocycles. The first-order chi connectivity index (χ1) is 22.6. The average molecular weight is 617 g/mol. The number of aromatic nitrogens is 2. The van der Waals surface area contributed by atoms with Crippen LogP contribution in [0.5, 0.6) is 11.8 Å². The van der Waals surface area contributed by atoms with E-state index >= 15 is 0 Å². The molecule has 2 fully saturated rings. The van der Waals surface area contributed by atoms with E-state index in [0.29, 0.717) is 31.7 Å². The van der Waals surface area contributed by atoms with Gasteiger partial charge in [-0.3, -0.25) is 0 Å². The smallest absolute Gasteiger partial charge is 0.318 e. The van der Waals surface area contributed by atoms with Gasteiger partial charge in [-0.2, -0.15) is 9.97 Å². The molecule has 0 unspecified atom stereocenters. The Labute approximate surface area is 271 Å². The Morgan fingerprint density at radius 3 is 2.70 bits per heavy atom. The lowest BCUT2D eigenvalue weighted by Crippen LogP contribution is -2.41. The van der Waals surface area contributed by atoms with Crippen molar-refractivity contribution in [2.45, 2.75) is 64.2 Å². The van der Waals surface area contributed by atoms with Gasteiger partial charge in [0.15, 0.2) is 5.82 Å². The van der Waals surface area contributed by atoms with E-state index in [0.717, 1.165) is 72.9 Å². The van der Waals surface area contributed by atoms with Crippen LogP contribution in [0.15, 0.2) is 70.6 Å². The molecule has 1 aromatic heterocycles. The number of hydrogen-bond donors (Lipinski definition) is 1. The highest BCUT2D eigenvalue weighted by Crippen LogP contribution is 2.36. The van der Waals surface area contributed by atoms with Crippen molar-refractivity contribution in [3.05, 3.63) is 83.0 Å². The van der Waals surface area contributed by atoms with Gasteiger partial charge in [0.05, 0.1) is 19.3 Å². The lowest BCUT2D eigenvalue weighted by molar-refractivity contribution is 0.187. The maximum absolute atomic E-state index is 6.27. The predicted octanol–water partition coefficient (Wildman–Crippen LogP) is 5.91. The van der Waals surface area contributed by atoms with Gasteiger partial charge in [0, 0.05) is 65.9 Å². The van der Waals surface area contributed by atoms with E-state index in [9.17, 15) is 0 Å². The van der Waals surface area contributed by atoms with E-state index in [1.807, 2.05) is 24.3 Å². The standard InChI is InChI=1S/C37H42N7O2/c1-25-9-6-11-26-12-7-14-33(35(25)26)44-18-16-31-32(22-44)41-37(46-23-30-13-8-17-43(30)2)42-36(31)40-29-19-28(20-29)39-24-38-21-27-10-4-5-15-34(27)45-3/h4-7,9-12,14-15,28,30H,8,13,16-23H2,1-3H3,(H,38,39)/q-1/t28?,30-/m0/s1. The second-order valence-electron chi connectivity index (χ2n) is 12.6. The molecule has 0 radical (unpaired) electrons. The number of ether oxygens (including phenoxy) is 2. The number of likely N-dealkylation sites (tertiary alicyclic amines) is 1. The summed E-state index contributed by atoms with van der Waals surface area (Å²) in [6.45, 7) is 5.99. The second kappa shape index (κ2) is 13.5. The number of methoxy groups -OCH3 is 1. The van der Waals surface area contributed by atoms with Crippen LogP contribution in [0.3, 0.4) is 0 Å². The molecule has 3 aromatic carbocycles. The zero-order valence-electron chi connectivity index (χ0n) is 27.0. The minimum atomic E-state index is 0.261. The quantitative estimate of drug-likeness (QED) is 0.103. The number of hydrogen-bond acceptors (Lipinski definition) is 8. The summed E-state index contributed by atoms with van der Waals surface area (Å²) < 4.78 is 11.7. The first-order valence-electron chi connectivity index (χ1n) is 16.4. The maximum Gasteiger partial charge on any atom is 0.318 e. The second-order valence-corrected chi connectivity index (χ2v) is 12.6. The van der Waals surface area contributed by atoms with Gasteiger partial charge in [0.25, 0.3) is 0 Å². The summed E-state index contributed by atoms with van der Waals surface area (Å²) in [5, 5.41) is 5.88. The first kappa shape index (κ1) is 30.2. The van der Waals surface area contributed by atoms with Crippen LogP contribution in [0.4, 0.5) is 11.5 Å². The molecule has 9 nitrogen and oxygen atoms in total. The molecule has 2 aliphatic heterocycles. The number of anilines is 1. The third-order valence-electron chi connectivity index (χ3n) is 9.55. The fourth-order valence-electron chi connectivity index (χ4n) is 6.83. The number of fused-ring (bicyclic) bond motifs is 2. The molecule has 1 atom stereocenters. The summed E-state index contributed by atoms with van der Waals surface area (Å²) in [4.78, 5) is 24.2. The summed E-state index contributed by atoms with van der Waals surface area (Å²) >= 11 is 0. The fourth-order valence-corrected chi connectivity index (χ4v) is 6.83. The van der Waals surface area contributed by atoms with E-state index in [1.165, 1.54) is 28.4 Å². The number of aryl methyl sites for hydroxylation is 1. The van der Waals surface area contributed by atoms with Crippen LogP contribution in [-0.4, -0.2) is 72.9 Å². The topological polar surface area (TPSA) is 87.5 Å². The zero-order chi connectivity index (χ0) is 31.5. The Balaban J connectivity index is 1.08. The summed E-state index contributed by atoms with van der Waals surface area (Å²) in [6.07, 6.45) is 7.86. The number of nitrogens with zero attached hydrogens (tertiary/aromatic N) is 6. The van der Waals surface area contributed by atoms with E-state index in [4.69, 9.17) is 24.4 Å². The van der Waals surface area contributed by atoms with Gasteiger partial charge >= 0.3 is 6.01 Å². The summed E-state index contributed by atoms with van der Waals surface area (Å²) in [5.41, 5.74) is 6.83. The Morgan fingerprint density at radius 1 is 1.02 bits per heavy atom. The highest BCUT2D eigenvalue weighted by atomic mass is 16.5. The molecule has 0 spiro atoms. The molecule has 7 rings (SSSR count). The van der Waals surface area contributed by atoms with Crippen molar-refractivity contribution in [2.24, 2.45) is 9.98 Å². The van der Waals surface area contributed by atoms with Gasteiger partial charge in [-0.25, -0.2) is 4.99 Å². The molecule has 3 aliphatic rings. The minimum Gasteiger partial charge on any atom is -0.547 e. The monoisotopic (exact) mass is 616 g/mol. The Kier molecular flexibility index (Phi) is 8.83. The minimum absolute atomic E-state index is 0.261. The number of nitrogens with one attached hydrogen (secondary N) is 1. The van der Waals surface area contributed by atoms with Gasteiger partial charge in [0.1, 0.15) is 12.4 Å². The van der Waals surface area contributed by atoms with Crippen molar-refractivity contribution in [1.82, 2.24) is 20.2 Å². The normalized spacial score (nSPS) is 19.7. The molecule has 1 saturated carbocycles. The molecule has 4 aromatic rings. The number of benzene rings is 3. The van der Waals surface area contributed by atoms with Gasteiger partial charge in [-0.1, -0.05) is 48.5 Å². The van der Waals surface area contributed by atoms with Gasteiger partial charge < -0.3 is 35.9 Å². The molecular formula is C37H42N7O2-. The number of likely N-dealkylation sites (N-methyl/N-ethyl adjacent to an activating group) is 1. The van der Waals surface area contributed by atoms with Crippen LogP contribution < -0.4 is 19.7 Å². The molecule has 1 N–H and O–H groups in total. The predicted molar refractivity (Wildman–Crippen MR) is 184 cm³/mol. The van der Waals surface area contributed by atoms with Gasteiger partial charge in [-0.05, 0) is 62.9 Å². The Bertz CT molecular complexity index is 1760. The highest BCUT2D eigenvalue weighted by Gasteiger charge is 2.28. The molecule has 0 amide bonds. The lowest BCUT2D eigenvalue weighted by atomic mass is 9.90. The largest absolute Gasteiger partial charge is 0.547 e. The van der Waals surface area contributed by atoms with Crippen LogP contribution in [0, 0.1) is 6.92 Å². The highest BCUT2D eigenvalue weighted by molar-refractivity contribution is 5.97. The number of aliphatic imine (C=N–C) groups is 2. The third kappa shape index (κ3) is 6.42. The molecule has 0 bridgehead atoms.